The molecule has 0 aromatic heterocycles. The van der Waals surface area contributed by atoms with Crippen LogP contribution in [-0.2, 0) is 17.6 Å². The Labute approximate surface area is 133 Å². The van der Waals surface area contributed by atoms with Gasteiger partial charge in [-0.25, -0.2) is 4.79 Å². The maximum atomic E-state index is 12.5. The molecule has 0 saturated carbocycles. The summed E-state index contributed by atoms with van der Waals surface area (Å²) in [5.41, 5.74) is 1.11. The Hall–Kier alpha value is -2.82. The number of carboxylic acids is 1. The van der Waals surface area contributed by atoms with Crippen LogP contribution in [-0.4, -0.2) is 27.6 Å². The van der Waals surface area contributed by atoms with E-state index in [1.54, 1.807) is 19.1 Å². The molecule has 5 heteroatoms. The average Bonchev–Trinajstić information content (AvgIpc) is 2.89. The number of carboxylic acid groups (broad SMARTS) is 1. The molecule has 0 radical (unpaired) electrons. The molecule has 0 bridgehead atoms. The molecule has 0 heterocycles. The Bertz CT molecular complexity index is 772. The molecule has 0 spiro atoms. The zero-order valence-electron chi connectivity index (χ0n) is 12.7. The third-order valence-electron chi connectivity index (χ3n) is 4.35. The van der Waals surface area contributed by atoms with Crippen molar-refractivity contribution in [1.29, 1.82) is 0 Å². The van der Waals surface area contributed by atoms with Gasteiger partial charge in [0.1, 0.15) is 11.3 Å². The topological polar surface area (TPSA) is 86.6 Å². The summed E-state index contributed by atoms with van der Waals surface area (Å²) in [6.07, 6.45) is 0.466. The molecule has 0 aliphatic heterocycles. The molecule has 23 heavy (non-hydrogen) atoms. The minimum Gasteiger partial charge on any atom is -0.507 e. The predicted octanol–water partition coefficient (Wildman–Crippen LogP) is 2.05. The second-order valence-electron chi connectivity index (χ2n) is 5.93. The number of aryl methyl sites for hydroxylation is 1. The van der Waals surface area contributed by atoms with Crippen LogP contribution in [0.4, 0.5) is 0 Å². The molecule has 2 aromatic rings. The molecule has 0 saturated heterocycles. The normalized spacial score (nSPS) is 15.0. The molecule has 118 valence electrons. The number of para-hydroxylation sites is 1. The highest BCUT2D eigenvalue weighted by Gasteiger charge is 2.45. The van der Waals surface area contributed by atoms with Crippen LogP contribution in [0.2, 0.25) is 0 Å². The first-order valence-electron chi connectivity index (χ1n) is 7.34. The fraction of sp³-hybridized carbons (Fsp3) is 0.222. The molecular weight excluding hydrogens is 294 g/mol. The zero-order chi connectivity index (χ0) is 16.6. The van der Waals surface area contributed by atoms with Gasteiger partial charge in [-0.1, -0.05) is 36.4 Å². The number of hydrogen-bond donors (Lipinski definition) is 3. The van der Waals surface area contributed by atoms with Crippen molar-refractivity contribution >= 4 is 11.9 Å². The van der Waals surface area contributed by atoms with Gasteiger partial charge in [0.25, 0.3) is 5.91 Å². The van der Waals surface area contributed by atoms with Gasteiger partial charge in [0.2, 0.25) is 0 Å². The number of hydrogen-bond acceptors (Lipinski definition) is 3. The summed E-state index contributed by atoms with van der Waals surface area (Å²) in [5.74, 6) is -1.78. The SMILES string of the molecule is Cc1cccc(C(=O)NC2(C(=O)O)Cc3ccccc3C2)c1O. The maximum absolute atomic E-state index is 12.5. The number of amides is 1. The maximum Gasteiger partial charge on any atom is 0.330 e. The lowest BCUT2D eigenvalue weighted by Gasteiger charge is -2.25. The van der Waals surface area contributed by atoms with Gasteiger partial charge in [-0.05, 0) is 29.7 Å². The van der Waals surface area contributed by atoms with Gasteiger partial charge >= 0.3 is 5.97 Å². The first-order valence-corrected chi connectivity index (χ1v) is 7.34. The van der Waals surface area contributed by atoms with E-state index in [1.165, 1.54) is 6.07 Å². The van der Waals surface area contributed by atoms with Crippen LogP contribution in [0.25, 0.3) is 0 Å². The number of benzene rings is 2. The third-order valence-corrected chi connectivity index (χ3v) is 4.35. The lowest BCUT2D eigenvalue weighted by molar-refractivity contribution is -0.144. The van der Waals surface area contributed by atoms with E-state index in [-0.39, 0.29) is 24.2 Å². The van der Waals surface area contributed by atoms with E-state index in [0.717, 1.165) is 11.1 Å². The van der Waals surface area contributed by atoms with Crippen LogP contribution >= 0.6 is 0 Å². The van der Waals surface area contributed by atoms with Gasteiger partial charge in [-0.15, -0.1) is 0 Å². The van der Waals surface area contributed by atoms with Crippen molar-refractivity contribution in [1.82, 2.24) is 5.32 Å². The molecule has 1 aliphatic rings. The number of phenolic OH excluding ortho intramolecular Hbond substituents is 1. The molecule has 0 fully saturated rings. The van der Waals surface area contributed by atoms with E-state index >= 15 is 0 Å². The molecule has 3 N–H and O–H groups in total. The standard InChI is InChI=1S/C18H17NO4/c1-11-5-4-8-14(15(11)20)16(21)19-18(17(22)23)9-12-6-2-3-7-13(12)10-18/h2-8,20H,9-10H2,1H3,(H,19,21)(H,22,23). The van der Waals surface area contributed by atoms with Gasteiger partial charge < -0.3 is 15.5 Å². The average molecular weight is 311 g/mol. The van der Waals surface area contributed by atoms with E-state index in [0.29, 0.717) is 5.56 Å². The van der Waals surface area contributed by atoms with Gasteiger partial charge in [0.15, 0.2) is 0 Å². The largest absolute Gasteiger partial charge is 0.507 e. The molecule has 3 rings (SSSR count). The first kappa shape index (κ1) is 15.1. The van der Waals surface area contributed by atoms with Crippen molar-refractivity contribution in [2.24, 2.45) is 0 Å². The fourth-order valence-electron chi connectivity index (χ4n) is 3.04. The molecular formula is C18H17NO4. The van der Waals surface area contributed by atoms with Gasteiger partial charge in [0, 0.05) is 12.8 Å². The summed E-state index contributed by atoms with van der Waals surface area (Å²) >= 11 is 0. The number of aromatic hydroxyl groups is 1. The molecule has 1 aliphatic carbocycles. The van der Waals surface area contributed by atoms with Crippen LogP contribution in [0, 0.1) is 6.92 Å². The van der Waals surface area contributed by atoms with Crippen molar-refractivity contribution in [3.63, 3.8) is 0 Å². The summed E-state index contributed by atoms with van der Waals surface area (Å²) < 4.78 is 0. The number of fused-ring (bicyclic) bond motifs is 1. The number of rotatable bonds is 3. The number of phenols is 1. The monoisotopic (exact) mass is 311 g/mol. The summed E-state index contributed by atoms with van der Waals surface area (Å²) in [6.45, 7) is 1.69. The Balaban J connectivity index is 1.92. The minimum absolute atomic E-state index is 0.0848. The quantitative estimate of drug-likeness (QED) is 0.809. The molecule has 1 amide bonds. The van der Waals surface area contributed by atoms with Crippen LogP contribution in [0.1, 0.15) is 27.0 Å². The lowest BCUT2D eigenvalue weighted by atomic mass is 9.95. The highest BCUT2D eigenvalue weighted by Crippen LogP contribution is 2.31. The van der Waals surface area contributed by atoms with Gasteiger partial charge in [-0.3, -0.25) is 4.79 Å². The van der Waals surface area contributed by atoms with Crippen molar-refractivity contribution in [3.8, 4) is 5.75 Å². The van der Waals surface area contributed by atoms with Crippen LogP contribution < -0.4 is 5.32 Å². The van der Waals surface area contributed by atoms with E-state index in [2.05, 4.69) is 5.32 Å². The van der Waals surface area contributed by atoms with E-state index in [9.17, 15) is 19.8 Å². The number of aliphatic carboxylic acids is 1. The second-order valence-corrected chi connectivity index (χ2v) is 5.93. The zero-order valence-corrected chi connectivity index (χ0v) is 12.7. The lowest BCUT2D eigenvalue weighted by Crippen LogP contribution is -2.55. The van der Waals surface area contributed by atoms with E-state index < -0.39 is 17.4 Å². The van der Waals surface area contributed by atoms with Crippen LogP contribution in [0.5, 0.6) is 5.75 Å². The number of carbonyl (C=O) groups is 2. The van der Waals surface area contributed by atoms with Crippen LogP contribution in [0.15, 0.2) is 42.5 Å². The summed E-state index contributed by atoms with van der Waals surface area (Å²) in [7, 11) is 0. The van der Waals surface area contributed by atoms with Crippen molar-refractivity contribution in [2.75, 3.05) is 0 Å². The van der Waals surface area contributed by atoms with Gasteiger partial charge in [-0.2, -0.15) is 0 Å². The Morgan fingerprint density at radius 1 is 1.04 bits per heavy atom. The van der Waals surface area contributed by atoms with Crippen molar-refractivity contribution in [3.05, 3.63) is 64.7 Å². The summed E-state index contributed by atoms with van der Waals surface area (Å²) in [5, 5.41) is 22.3. The minimum atomic E-state index is -1.38. The summed E-state index contributed by atoms with van der Waals surface area (Å²) in [4.78, 5) is 24.3. The van der Waals surface area contributed by atoms with E-state index in [4.69, 9.17) is 0 Å². The smallest absolute Gasteiger partial charge is 0.330 e. The Kier molecular flexibility index (Phi) is 3.56. The second kappa shape index (κ2) is 5.43. The van der Waals surface area contributed by atoms with Gasteiger partial charge in [0.05, 0.1) is 5.56 Å². The predicted molar refractivity (Wildman–Crippen MR) is 84.5 cm³/mol. The Morgan fingerprint density at radius 2 is 1.65 bits per heavy atom. The molecule has 2 aromatic carbocycles. The highest BCUT2D eigenvalue weighted by atomic mass is 16.4. The molecule has 5 nitrogen and oxygen atoms in total. The van der Waals surface area contributed by atoms with Crippen molar-refractivity contribution in [2.45, 2.75) is 25.3 Å². The fourth-order valence-corrected chi connectivity index (χ4v) is 3.04. The highest BCUT2D eigenvalue weighted by molar-refractivity contribution is 6.00. The van der Waals surface area contributed by atoms with Crippen LogP contribution in [0.3, 0.4) is 0 Å². The third kappa shape index (κ3) is 2.54. The Morgan fingerprint density at radius 3 is 2.22 bits per heavy atom. The first-order chi connectivity index (χ1) is 10.9. The van der Waals surface area contributed by atoms with Crippen molar-refractivity contribution < 1.29 is 19.8 Å². The van der Waals surface area contributed by atoms with E-state index in [1.807, 2.05) is 24.3 Å². The number of nitrogens with one attached hydrogen (secondary N) is 1. The molecule has 0 unspecified atom stereocenters. The number of carbonyl (C=O) groups excluding carboxylic acids is 1. The molecule has 0 atom stereocenters. The summed E-state index contributed by atoms with van der Waals surface area (Å²) in [6, 6.07) is 12.3.